The van der Waals surface area contributed by atoms with E-state index >= 15 is 0 Å². The summed E-state index contributed by atoms with van der Waals surface area (Å²) in [7, 11) is 0. The van der Waals surface area contributed by atoms with Crippen molar-refractivity contribution in [1.29, 1.82) is 0 Å². The lowest BCUT2D eigenvalue weighted by Gasteiger charge is -2.19. The smallest absolute Gasteiger partial charge is 0.266 e. The third-order valence-electron chi connectivity index (χ3n) is 5.20. The van der Waals surface area contributed by atoms with Gasteiger partial charge in [-0.3, -0.25) is 9.20 Å². The van der Waals surface area contributed by atoms with Gasteiger partial charge >= 0.3 is 0 Å². The molecule has 0 radical (unpaired) electrons. The highest BCUT2D eigenvalue weighted by molar-refractivity contribution is 6.33. The van der Waals surface area contributed by atoms with Crippen LogP contribution in [0.5, 0.6) is 0 Å². The highest BCUT2D eigenvalue weighted by Gasteiger charge is 2.22. The van der Waals surface area contributed by atoms with E-state index in [1.165, 1.54) is 6.33 Å². The second-order valence-corrected chi connectivity index (χ2v) is 7.61. The zero-order valence-electron chi connectivity index (χ0n) is 16.8. The molecule has 154 valence electrons. The van der Waals surface area contributed by atoms with Crippen LogP contribution in [0.3, 0.4) is 0 Å². The highest BCUT2D eigenvalue weighted by Crippen LogP contribution is 2.32. The van der Waals surface area contributed by atoms with Gasteiger partial charge < -0.3 is 10.3 Å². The van der Waals surface area contributed by atoms with Crippen molar-refractivity contribution < 1.29 is 0 Å². The lowest BCUT2D eigenvalue weighted by atomic mass is 10.0. The van der Waals surface area contributed by atoms with Crippen LogP contribution in [-0.2, 0) is 0 Å². The molecule has 0 aliphatic carbocycles. The van der Waals surface area contributed by atoms with E-state index in [2.05, 4.69) is 25.3 Å². The van der Waals surface area contributed by atoms with Crippen LogP contribution in [0.1, 0.15) is 24.4 Å². The monoisotopic (exact) mass is 431 g/mol. The average Bonchev–Trinajstić information content (AvgIpc) is 3.24. The molecule has 4 aromatic heterocycles. The summed E-state index contributed by atoms with van der Waals surface area (Å²) in [4.78, 5) is 34.2. The first-order valence-electron chi connectivity index (χ1n) is 9.72. The lowest BCUT2D eigenvalue weighted by Crippen LogP contribution is -2.24. The summed E-state index contributed by atoms with van der Waals surface area (Å²) in [5.41, 5.74) is 4.10. The molecule has 0 amide bonds. The summed E-state index contributed by atoms with van der Waals surface area (Å²) in [5, 5.41) is 3.83. The molecule has 0 saturated carbocycles. The van der Waals surface area contributed by atoms with Crippen molar-refractivity contribution in [1.82, 2.24) is 29.3 Å². The minimum Gasteiger partial charge on any atom is -0.360 e. The Labute approximate surface area is 182 Å². The molecule has 5 aromatic rings. The van der Waals surface area contributed by atoms with E-state index in [0.717, 1.165) is 5.69 Å². The average molecular weight is 432 g/mol. The van der Waals surface area contributed by atoms with Crippen LogP contribution in [0.2, 0.25) is 5.02 Å². The van der Waals surface area contributed by atoms with E-state index in [1.807, 2.05) is 50.2 Å². The zero-order chi connectivity index (χ0) is 21.5. The number of nitrogens with one attached hydrogen (secondary N) is 2. The molecule has 1 aromatic carbocycles. The molecular formula is C22H18ClN7O. The van der Waals surface area contributed by atoms with Gasteiger partial charge in [-0.25, -0.2) is 19.9 Å². The summed E-state index contributed by atoms with van der Waals surface area (Å²) in [5.74, 6) is 0.575. The molecule has 5 rings (SSSR count). The fourth-order valence-electron chi connectivity index (χ4n) is 3.73. The Morgan fingerprint density at radius 3 is 2.77 bits per heavy atom. The number of aromatic amines is 1. The Kier molecular flexibility index (Phi) is 4.63. The number of pyridine rings is 1. The number of benzene rings is 1. The van der Waals surface area contributed by atoms with E-state index in [4.69, 9.17) is 16.6 Å². The number of nitrogens with zero attached hydrogens (tertiary/aromatic N) is 5. The summed E-state index contributed by atoms with van der Waals surface area (Å²) < 4.78 is 1.60. The Morgan fingerprint density at radius 1 is 1.10 bits per heavy atom. The highest BCUT2D eigenvalue weighted by atomic mass is 35.5. The van der Waals surface area contributed by atoms with Gasteiger partial charge in [-0.05, 0) is 32.0 Å². The van der Waals surface area contributed by atoms with Crippen molar-refractivity contribution in [2.45, 2.75) is 19.9 Å². The van der Waals surface area contributed by atoms with Gasteiger partial charge in [0, 0.05) is 16.3 Å². The van der Waals surface area contributed by atoms with E-state index in [1.54, 1.807) is 16.8 Å². The number of fused-ring (bicyclic) bond motifs is 2. The van der Waals surface area contributed by atoms with E-state index < -0.39 is 0 Å². The SMILES string of the molecule is Cc1cccc2nc(C(C)Nc3ncnc4nc[nH]c34)c(-c3ccccc3Cl)c(=O)n12. The van der Waals surface area contributed by atoms with Gasteiger partial charge in [0.25, 0.3) is 5.56 Å². The quantitative estimate of drug-likeness (QED) is 0.443. The van der Waals surface area contributed by atoms with Gasteiger partial charge in [0.2, 0.25) is 0 Å². The number of imidazole rings is 1. The predicted octanol–water partition coefficient (Wildman–Crippen LogP) is 4.16. The number of H-pyrrole nitrogens is 1. The zero-order valence-corrected chi connectivity index (χ0v) is 17.6. The maximum atomic E-state index is 13.6. The lowest BCUT2D eigenvalue weighted by molar-refractivity contribution is 0.821. The number of hydrogen-bond donors (Lipinski definition) is 2. The van der Waals surface area contributed by atoms with Gasteiger partial charge in [-0.2, -0.15) is 0 Å². The molecule has 0 saturated heterocycles. The maximum absolute atomic E-state index is 13.6. The molecule has 9 heteroatoms. The van der Waals surface area contributed by atoms with Gasteiger partial charge in [0.15, 0.2) is 11.5 Å². The molecule has 31 heavy (non-hydrogen) atoms. The van der Waals surface area contributed by atoms with Crippen molar-refractivity contribution >= 4 is 34.2 Å². The maximum Gasteiger partial charge on any atom is 0.266 e. The number of aryl methyl sites for hydroxylation is 1. The van der Waals surface area contributed by atoms with Crippen LogP contribution in [0.4, 0.5) is 5.82 Å². The summed E-state index contributed by atoms with van der Waals surface area (Å²) >= 11 is 6.49. The summed E-state index contributed by atoms with van der Waals surface area (Å²) in [6.07, 6.45) is 3.01. The molecular weight excluding hydrogens is 414 g/mol. The number of hydrogen-bond acceptors (Lipinski definition) is 6. The Morgan fingerprint density at radius 2 is 1.94 bits per heavy atom. The first-order chi connectivity index (χ1) is 15.0. The third kappa shape index (κ3) is 3.21. The number of aromatic nitrogens is 6. The molecule has 4 heterocycles. The first-order valence-corrected chi connectivity index (χ1v) is 10.1. The third-order valence-corrected chi connectivity index (χ3v) is 5.53. The predicted molar refractivity (Wildman–Crippen MR) is 120 cm³/mol. The van der Waals surface area contributed by atoms with E-state index in [0.29, 0.717) is 44.5 Å². The summed E-state index contributed by atoms with van der Waals surface area (Å²) in [6, 6.07) is 12.5. The fourth-order valence-corrected chi connectivity index (χ4v) is 3.96. The molecule has 0 aliphatic rings. The van der Waals surface area contributed by atoms with E-state index in [9.17, 15) is 4.79 Å². The van der Waals surface area contributed by atoms with Crippen molar-refractivity contribution in [2.75, 3.05) is 5.32 Å². The Bertz CT molecular complexity index is 1490. The number of rotatable bonds is 4. The van der Waals surface area contributed by atoms with Gasteiger partial charge in [-0.1, -0.05) is 35.9 Å². The Balaban J connectivity index is 1.74. The first kappa shape index (κ1) is 19.2. The molecule has 1 unspecified atom stereocenters. The number of halogens is 1. The van der Waals surface area contributed by atoms with Crippen LogP contribution >= 0.6 is 11.6 Å². The van der Waals surface area contributed by atoms with Crippen molar-refractivity contribution in [3.63, 3.8) is 0 Å². The molecule has 0 fully saturated rings. The summed E-state index contributed by atoms with van der Waals surface area (Å²) in [6.45, 7) is 3.81. The van der Waals surface area contributed by atoms with E-state index in [-0.39, 0.29) is 11.6 Å². The fraction of sp³-hybridized carbons (Fsp3) is 0.136. The minimum absolute atomic E-state index is 0.172. The van der Waals surface area contributed by atoms with Crippen LogP contribution in [0.25, 0.3) is 27.9 Å². The normalized spacial score (nSPS) is 12.4. The molecule has 1 atom stereocenters. The van der Waals surface area contributed by atoms with Crippen LogP contribution < -0.4 is 10.9 Å². The molecule has 0 bridgehead atoms. The van der Waals surface area contributed by atoms with Crippen molar-refractivity contribution in [3.8, 4) is 11.1 Å². The van der Waals surface area contributed by atoms with Crippen molar-refractivity contribution in [2.24, 2.45) is 0 Å². The van der Waals surface area contributed by atoms with Crippen molar-refractivity contribution in [3.05, 3.63) is 81.9 Å². The largest absolute Gasteiger partial charge is 0.360 e. The molecule has 2 N–H and O–H groups in total. The van der Waals surface area contributed by atoms with Crippen LogP contribution in [0.15, 0.2) is 59.9 Å². The minimum atomic E-state index is -0.356. The van der Waals surface area contributed by atoms with Crippen LogP contribution in [-0.4, -0.2) is 29.3 Å². The van der Waals surface area contributed by atoms with Gasteiger partial charge in [0.05, 0.1) is 23.6 Å². The van der Waals surface area contributed by atoms with Gasteiger partial charge in [0.1, 0.15) is 17.5 Å². The molecule has 0 aliphatic heterocycles. The second kappa shape index (κ2) is 7.48. The molecule has 8 nitrogen and oxygen atoms in total. The standard InChI is InChI=1S/C22H18ClN7O/c1-12-6-5-9-16-29-18(13(2)28-21-19-20(25-10-24-19)26-11-27-21)17(22(31)30(12)16)14-7-3-4-8-15(14)23/h3-11,13H,1-2H3,(H2,24,25,26,27,28). The molecule has 0 spiro atoms. The number of anilines is 1. The second-order valence-electron chi connectivity index (χ2n) is 7.21. The topological polar surface area (TPSA) is 101 Å². The van der Waals surface area contributed by atoms with Crippen LogP contribution in [0, 0.1) is 6.92 Å². The van der Waals surface area contributed by atoms with Gasteiger partial charge in [-0.15, -0.1) is 0 Å². The Hall–Kier alpha value is -3.78.